The van der Waals surface area contributed by atoms with Gasteiger partial charge in [0, 0.05) is 17.1 Å². The van der Waals surface area contributed by atoms with Crippen molar-refractivity contribution in [1.29, 1.82) is 0 Å². The van der Waals surface area contributed by atoms with Gasteiger partial charge in [-0.2, -0.15) is 0 Å². The molecule has 0 aliphatic carbocycles. The lowest BCUT2D eigenvalue weighted by Gasteiger charge is -2.08. The number of amides is 1. The summed E-state index contributed by atoms with van der Waals surface area (Å²) in [6, 6.07) is 7.32. The highest BCUT2D eigenvalue weighted by Crippen LogP contribution is 2.27. The van der Waals surface area contributed by atoms with Crippen LogP contribution in [0.25, 0.3) is 11.4 Å². The number of aromatic nitrogens is 4. The van der Waals surface area contributed by atoms with Gasteiger partial charge in [0.25, 0.3) is 0 Å². The lowest BCUT2D eigenvalue weighted by atomic mass is 10.2. The van der Waals surface area contributed by atoms with Crippen molar-refractivity contribution in [3.63, 3.8) is 0 Å². The zero-order chi connectivity index (χ0) is 22.4. The smallest absolute Gasteiger partial charge is 0.350 e. The van der Waals surface area contributed by atoms with Gasteiger partial charge < -0.3 is 10.1 Å². The molecule has 1 aromatic carbocycles. The summed E-state index contributed by atoms with van der Waals surface area (Å²) in [5.41, 5.74) is 1.34. The number of ether oxygens (including phenoxy) is 1. The minimum Gasteiger partial charge on any atom is -0.462 e. The number of benzene rings is 1. The fraction of sp³-hybridized carbons (Fsp3) is 0.250. The van der Waals surface area contributed by atoms with Crippen LogP contribution < -0.4 is 5.32 Å². The fourth-order valence-electron chi connectivity index (χ4n) is 2.65. The van der Waals surface area contributed by atoms with Crippen molar-refractivity contribution in [2.24, 2.45) is 0 Å². The molecule has 11 heteroatoms. The molecule has 0 unspecified atom stereocenters. The summed E-state index contributed by atoms with van der Waals surface area (Å²) >= 11 is 8.42. The Morgan fingerprint density at radius 3 is 2.90 bits per heavy atom. The standard InChI is InChI=1S/C20H20ClN5O3S2/c1-4-9-26-17(13-7-6-8-14(21)10-13)24-25-20(26)30-11-15(27)23-19-22-12(3)16(31-19)18(28)29-5-2/h4,6-8,10H,1,5,9,11H2,2-3H3,(H,22,23,27). The van der Waals surface area contributed by atoms with E-state index in [1.807, 2.05) is 16.7 Å². The second kappa shape index (κ2) is 10.6. The number of hydrogen-bond acceptors (Lipinski definition) is 8. The molecule has 2 aromatic heterocycles. The van der Waals surface area contributed by atoms with E-state index in [4.69, 9.17) is 16.3 Å². The number of carbonyl (C=O) groups excluding carboxylic acids is 2. The number of nitrogens with zero attached hydrogens (tertiary/aromatic N) is 4. The Labute approximate surface area is 192 Å². The SMILES string of the molecule is C=CCn1c(SCC(=O)Nc2nc(C)c(C(=O)OCC)s2)nnc1-c1cccc(Cl)c1. The van der Waals surface area contributed by atoms with Crippen LogP contribution in [0.15, 0.2) is 42.1 Å². The van der Waals surface area contributed by atoms with Crippen molar-refractivity contribution >= 4 is 51.7 Å². The van der Waals surface area contributed by atoms with E-state index in [1.165, 1.54) is 11.8 Å². The summed E-state index contributed by atoms with van der Waals surface area (Å²) in [5.74, 6) is 0.0167. The van der Waals surface area contributed by atoms with Gasteiger partial charge in [-0.15, -0.1) is 16.8 Å². The third-order valence-electron chi connectivity index (χ3n) is 3.95. The maximum absolute atomic E-state index is 12.4. The van der Waals surface area contributed by atoms with Crippen LogP contribution in [-0.4, -0.2) is 44.0 Å². The maximum atomic E-state index is 12.4. The number of rotatable bonds is 9. The van der Waals surface area contributed by atoms with E-state index in [2.05, 4.69) is 27.1 Å². The molecule has 3 rings (SSSR count). The van der Waals surface area contributed by atoms with Crippen LogP contribution in [0.4, 0.5) is 5.13 Å². The second-order valence-corrected chi connectivity index (χ2v) is 8.58. The number of halogens is 1. The first-order valence-electron chi connectivity index (χ1n) is 9.30. The lowest BCUT2D eigenvalue weighted by molar-refractivity contribution is -0.113. The van der Waals surface area contributed by atoms with E-state index in [1.54, 1.807) is 32.1 Å². The minimum atomic E-state index is -0.446. The molecule has 0 aliphatic rings. The number of carbonyl (C=O) groups is 2. The quantitative estimate of drug-likeness (QED) is 0.276. The summed E-state index contributed by atoms with van der Waals surface area (Å²) in [6.07, 6.45) is 1.73. The van der Waals surface area contributed by atoms with Crippen molar-refractivity contribution in [2.45, 2.75) is 25.5 Å². The topological polar surface area (TPSA) is 99.0 Å². The molecule has 0 aliphatic heterocycles. The summed E-state index contributed by atoms with van der Waals surface area (Å²) in [5, 5.41) is 12.7. The normalized spacial score (nSPS) is 10.7. The summed E-state index contributed by atoms with van der Waals surface area (Å²) in [4.78, 5) is 28.9. The van der Waals surface area contributed by atoms with Gasteiger partial charge in [0.2, 0.25) is 5.91 Å². The predicted octanol–water partition coefficient (Wildman–Crippen LogP) is 4.46. The van der Waals surface area contributed by atoms with Gasteiger partial charge in [-0.25, -0.2) is 9.78 Å². The molecular formula is C20H20ClN5O3S2. The Morgan fingerprint density at radius 1 is 1.39 bits per heavy atom. The van der Waals surface area contributed by atoms with Crippen molar-refractivity contribution < 1.29 is 14.3 Å². The number of thioether (sulfide) groups is 1. The molecule has 162 valence electrons. The number of anilines is 1. The summed E-state index contributed by atoms with van der Waals surface area (Å²) in [7, 11) is 0. The number of aryl methyl sites for hydroxylation is 1. The molecule has 0 fully saturated rings. The third kappa shape index (κ3) is 5.72. The average molecular weight is 478 g/mol. The van der Waals surface area contributed by atoms with Gasteiger partial charge in [0.15, 0.2) is 16.1 Å². The van der Waals surface area contributed by atoms with Crippen molar-refractivity contribution in [1.82, 2.24) is 19.7 Å². The Balaban J connectivity index is 1.68. The molecule has 0 spiro atoms. The van der Waals surface area contributed by atoms with E-state index in [0.29, 0.717) is 38.3 Å². The summed E-state index contributed by atoms with van der Waals surface area (Å²) < 4.78 is 6.86. The molecule has 2 heterocycles. The zero-order valence-electron chi connectivity index (χ0n) is 16.9. The molecular weight excluding hydrogens is 458 g/mol. The molecule has 1 amide bonds. The van der Waals surface area contributed by atoms with Crippen molar-refractivity contribution in [2.75, 3.05) is 17.7 Å². The molecule has 8 nitrogen and oxygen atoms in total. The van der Waals surface area contributed by atoms with Gasteiger partial charge in [-0.05, 0) is 26.0 Å². The highest BCUT2D eigenvalue weighted by atomic mass is 35.5. The Bertz CT molecular complexity index is 1110. The number of esters is 1. The van der Waals surface area contributed by atoms with Gasteiger partial charge in [-0.3, -0.25) is 9.36 Å². The first-order chi connectivity index (χ1) is 14.9. The van der Waals surface area contributed by atoms with Crippen molar-refractivity contribution in [3.05, 3.63) is 52.5 Å². The molecule has 0 radical (unpaired) electrons. The molecule has 3 aromatic rings. The van der Waals surface area contributed by atoms with Crippen LogP contribution in [0.1, 0.15) is 22.3 Å². The first kappa shape index (κ1) is 23.0. The molecule has 0 atom stereocenters. The average Bonchev–Trinajstić information content (AvgIpc) is 3.30. The van der Waals surface area contributed by atoms with E-state index in [0.717, 1.165) is 16.9 Å². The van der Waals surface area contributed by atoms with E-state index >= 15 is 0 Å². The van der Waals surface area contributed by atoms with Crippen LogP contribution in [0.5, 0.6) is 0 Å². The molecule has 0 bridgehead atoms. The fourth-order valence-corrected chi connectivity index (χ4v) is 4.47. The van der Waals surface area contributed by atoms with Crippen LogP contribution >= 0.6 is 34.7 Å². The Hall–Kier alpha value is -2.69. The minimum absolute atomic E-state index is 0.0954. The molecule has 0 saturated carbocycles. The molecule has 31 heavy (non-hydrogen) atoms. The van der Waals surface area contributed by atoms with E-state index in [-0.39, 0.29) is 18.3 Å². The highest BCUT2D eigenvalue weighted by molar-refractivity contribution is 7.99. The summed E-state index contributed by atoms with van der Waals surface area (Å²) in [6.45, 7) is 7.97. The van der Waals surface area contributed by atoms with E-state index in [9.17, 15) is 9.59 Å². The predicted molar refractivity (Wildman–Crippen MR) is 123 cm³/mol. The number of nitrogens with one attached hydrogen (secondary N) is 1. The maximum Gasteiger partial charge on any atom is 0.350 e. The molecule has 0 saturated heterocycles. The van der Waals surface area contributed by atoms with Crippen LogP contribution in [0, 0.1) is 6.92 Å². The number of hydrogen-bond donors (Lipinski definition) is 1. The van der Waals surface area contributed by atoms with Crippen molar-refractivity contribution in [3.8, 4) is 11.4 Å². The third-order valence-corrected chi connectivity index (χ3v) is 6.20. The van der Waals surface area contributed by atoms with Gasteiger partial charge in [0.1, 0.15) is 4.88 Å². The lowest BCUT2D eigenvalue weighted by Crippen LogP contribution is -2.14. The largest absolute Gasteiger partial charge is 0.462 e. The number of allylic oxidation sites excluding steroid dienone is 1. The van der Waals surface area contributed by atoms with Crippen LogP contribution in [0.3, 0.4) is 0 Å². The van der Waals surface area contributed by atoms with Gasteiger partial charge in [-0.1, -0.05) is 52.9 Å². The van der Waals surface area contributed by atoms with Gasteiger partial charge in [0.05, 0.1) is 18.1 Å². The van der Waals surface area contributed by atoms with Gasteiger partial charge >= 0.3 is 5.97 Å². The highest BCUT2D eigenvalue weighted by Gasteiger charge is 2.19. The molecule has 1 N–H and O–H groups in total. The Morgan fingerprint density at radius 2 is 2.19 bits per heavy atom. The Kier molecular flexibility index (Phi) is 7.83. The second-order valence-electron chi connectivity index (χ2n) is 6.21. The van der Waals surface area contributed by atoms with E-state index < -0.39 is 5.97 Å². The first-order valence-corrected chi connectivity index (χ1v) is 11.5. The monoisotopic (exact) mass is 477 g/mol. The number of thiazole rings is 1. The van der Waals surface area contributed by atoms with Crippen LogP contribution in [-0.2, 0) is 16.1 Å². The van der Waals surface area contributed by atoms with Crippen LogP contribution in [0.2, 0.25) is 5.02 Å². The zero-order valence-corrected chi connectivity index (χ0v) is 19.3.